The summed E-state index contributed by atoms with van der Waals surface area (Å²) in [6.07, 6.45) is 1.90. The number of aryl methyl sites for hydroxylation is 4. The summed E-state index contributed by atoms with van der Waals surface area (Å²) in [6, 6.07) is 4.08. The van der Waals surface area contributed by atoms with Gasteiger partial charge in [0.05, 0.1) is 30.0 Å². The number of aromatic amines is 1. The first-order valence-electron chi connectivity index (χ1n) is 10.9. The van der Waals surface area contributed by atoms with Crippen molar-refractivity contribution in [2.24, 2.45) is 7.05 Å². The lowest BCUT2D eigenvalue weighted by Crippen LogP contribution is -2.05. The van der Waals surface area contributed by atoms with Crippen molar-refractivity contribution in [2.75, 3.05) is 12.4 Å². The summed E-state index contributed by atoms with van der Waals surface area (Å²) in [4.78, 5) is 12.9. The lowest BCUT2D eigenvalue weighted by Gasteiger charge is -2.13. The number of hydrogen-bond acceptors (Lipinski definition) is 7. The quantitative estimate of drug-likeness (QED) is 0.378. The van der Waals surface area contributed by atoms with Crippen LogP contribution >= 0.6 is 0 Å². The standard InChI is InChI=1S/C24H27N7O2/c1-11(2)17-10-25-31(6)24(17)29-23-21-15-9-19(32-7)16(20-12(3)30-33-13(20)4)8-18(15)28-22(21)26-14(5)27-23/h8-11H,1-7H3,(H2,26,27,28,29). The van der Waals surface area contributed by atoms with Crippen molar-refractivity contribution in [3.63, 3.8) is 0 Å². The van der Waals surface area contributed by atoms with Gasteiger partial charge in [0.25, 0.3) is 0 Å². The Bertz CT molecular complexity index is 1490. The lowest BCUT2D eigenvalue weighted by molar-refractivity contribution is 0.393. The highest BCUT2D eigenvalue weighted by atomic mass is 16.5. The molecule has 0 bridgehead atoms. The largest absolute Gasteiger partial charge is 0.496 e. The maximum Gasteiger partial charge on any atom is 0.145 e. The van der Waals surface area contributed by atoms with E-state index in [1.165, 1.54) is 0 Å². The first kappa shape index (κ1) is 21.0. The van der Waals surface area contributed by atoms with E-state index in [-0.39, 0.29) is 0 Å². The smallest absolute Gasteiger partial charge is 0.145 e. The van der Waals surface area contributed by atoms with Gasteiger partial charge in [-0.15, -0.1) is 0 Å². The Balaban J connectivity index is 1.76. The summed E-state index contributed by atoms with van der Waals surface area (Å²) >= 11 is 0. The van der Waals surface area contributed by atoms with Crippen molar-refractivity contribution in [2.45, 2.75) is 40.5 Å². The molecule has 170 valence electrons. The monoisotopic (exact) mass is 445 g/mol. The lowest BCUT2D eigenvalue weighted by atomic mass is 10.0. The third-order valence-electron chi connectivity index (χ3n) is 6.01. The van der Waals surface area contributed by atoms with Crippen molar-refractivity contribution in [3.8, 4) is 16.9 Å². The van der Waals surface area contributed by atoms with Gasteiger partial charge in [-0.2, -0.15) is 5.10 Å². The number of H-pyrrole nitrogens is 1. The van der Waals surface area contributed by atoms with Crippen molar-refractivity contribution >= 4 is 33.6 Å². The van der Waals surface area contributed by atoms with E-state index < -0.39 is 0 Å². The molecule has 0 aliphatic heterocycles. The van der Waals surface area contributed by atoms with Crippen LogP contribution in [0.5, 0.6) is 5.75 Å². The fraction of sp³-hybridized carbons (Fsp3) is 0.333. The second-order valence-electron chi connectivity index (χ2n) is 8.62. The Kier molecular flexibility index (Phi) is 4.84. The molecule has 0 amide bonds. The summed E-state index contributed by atoms with van der Waals surface area (Å²) in [5.74, 6) is 4.10. The van der Waals surface area contributed by atoms with Gasteiger partial charge in [-0.05, 0) is 38.8 Å². The molecule has 0 aliphatic rings. The summed E-state index contributed by atoms with van der Waals surface area (Å²) < 4.78 is 13.0. The number of aromatic nitrogens is 6. The molecular weight excluding hydrogens is 418 g/mol. The van der Waals surface area contributed by atoms with Gasteiger partial charge in [-0.1, -0.05) is 19.0 Å². The van der Waals surface area contributed by atoms with Gasteiger partial charge in [0, 0.05) is 29.1 Å². The van der Waals surface area contributed by atoms with Crippen molar-refractivity contribution in [3.05, 3.63) is 41.2 Å². The minimum absolute atomic E-state index is 0.320. The molecule has 0 atom stereocenters. The number of methoxy groups -OCH3 is 1. The summed E-state index contributed by atoms with van der Waals surface area (Å²) in [6.45, 7) is 10.0. The number of ether oxygens (including phenoxy) is 1. The molecule has 0 fully saturated rings. The number of rotatable bonds is 5. The van der Waals surface area contributed by atoms with E-state index in [0.717, 1.165) is 67.5 Å². The topological polar surface area (TPSA) is 107 Å². The molecule has 5 aromatic rings. The van der Waals surface area contributed by atoms with Gasteiger partial charge in [-0.25, -0.2) is 9.97 Å². The van der Waals surface area contributed by atoms with E-state index in [4.69, 9.17) is 14.2 Å². The Morgan fingerprint density at radius 1 is 1.15 bits per heavy atom. The minimum Gasteiger partial charge on any atom is -0.496 e. The van der Waals surface area contributed by atoms with Gasteiger partial charge in [-0.3, -0.25) is 4.68 Å². The third kappa shape index (κ3) is 3.31. The van der Waals surface area contributed by atoms with Crippen molar-refractivity contribution in [1.29, 1.82) is 0 Å². The highest BCUT2D eigenvalue weighted by molar-refractivity contribution is 6.13. The Hall–Kier alpha value is -3.88. The molecule has 33 heavy (non-hydrogen) atoms. The van der Waals surface area contributed by atoms with Crippen LogP contribution in [-0.4, -0.2) is 37.0 Å². The zero-order chi connectivity index (χ0) is 23.4. The minimum atomic E-state index is 0.320. The molecule has 0 aliphatic carbocycles. The normalized spacial score (nSPS) is 11.8. The number of nitrogens with zero attached hydrogens (tertiary/aromatic N) is 5. The predicted molar refractivity (Wildman–Crippen MR) is 128 cm³/mol. The van der Waals surface area contributed by atoms with E-state index in [2.05, 4.69) is 45.5 Å². The maximum atomic E-state index is 5.79. The number of anilines is 2. The molecule has 0 saturated carbocycles. The fourth-order valence-electron chi connectivity index (χ4n) is 4.40. The number of fused-ring (bicyclic) bond motifs is 3. The molecule has 5 rings (SSSR count). The van der Waals surface area contributed by atoms with Crippen LogP contribution in [0, 0.1) is 20.8 Å². The van der Waals surface area contributed by atoms with Crippen LogP contribution in [0.25, 0.3) is 33.1 Å². The molecule has 2 N–H and O–H groups in total. The molecular formula is C24H27N7O2. The summed E-state index contributed by atoms with van der Waals surface area (Å²) in [7, 11) is 3.59. The first-order valence-corrected chi connectivity index (χ1v) is 10.9. The Morgan fingerprint density at radius 3 is 2.61 bits per heavy atom. The average molecular weight is 446 g/mol. The van der Waals surface area contributed by atoms with Crippen LogP contribution in [0.3, 0.4) is 0 Å². The van der Waals surface area contributed by atoms with Gasteiger partial charge in [0.15, 0.2) is 0 Å². The van der Waals surface area contributed by atoms with Crippen LogP contribution in [-0.2, 0) is 7.05 Å². The van der Waals surface area contributed by atoms with Crippen LogP contribution in [0.15, 0.2) is 22.9 Å². The maximum absolute atomic E-state index is 5.79. The van der Waals surface area contributed by atoms with Gasteiger partial charge in [0.1, 0.15) is 34.6 Å². The predicted octanol–water partition coefficient (Wildman–Crippen LogP) is 5.30. The highest BCUT2D eigenvalue weighted by Crippen LogP contribution is 2.41. The van der Waals surface area contributed by atoms with Crippen molar-refractivity contribution < 1.29 is 9.26 Å². The second-order valence-corrected chi connectivity index (χ2v) is 8.62. The number of nitrogens with one attached hydrogen (secondary N) is 2. The number of benzene rings is 1. The molecule has 1 aromatic carbocycles. The van der Waals surface area contributed by atoms with Gasteiger partial charge >= 0.3 is 0 Å². The molecule has 0 radical (unpaired) electrons. The highest BCUT2D eigenvalue weighted by Gasteiger charge is 2.21. The van der Waals surface area contributed by atoms with E-state index in [1.54, 1.807) is 7.11 Å². The Morgan fingerprint density at radius 2 is 1.94 bits per heavy atom. The van der Waals surface area contributed by atoms with Gasteiger partial charge < -0.3 is 19.6 Å². The molecule has 0 unspecified atom stereocenters. The molecule has 9 nitrogen and oxygen atoms in total. The summed E-state index contributed by atoms with van der Waals surface area (Å²) in [5, 5.41) is 13.9. The molecule has 0 spiro atoms. The first-order chi connectivity index (χ1) is 15.8. The van der Waals surface area contributed by atoms with Crippen LogP contribution in [0.1, 0.15) is 42.6 Å². The Labute approximate surface area is 191 Å². The van der Waals surface area contributed by atoms with E-state index >= 15 is 0 Å². The van der Waals surface area contributed by atoms with Crippen molar-refractivity contribution in [1.82, 2.24) is 29.9 Å². The van der Waals surface area contributed by atoms with Crippen LogP contribution in [0.4, 0.5) is 11.6 Å². The summed E-state index contributed by atoms with van der Waals surface area (Å²) in [5.41, 5.74) is 5.48. The van der Waals surface area contributed by atoms with E-state index in [1.807, 2.05) is 44.8 Å². The molecule has 4 heterocycles. The van der Waals surface area contributed by atoms with Crippen LogP contribution in [0.2, 0.25) is 0 Å². The van der Waals surface area contributed by atoms with Gasteiger partial charge in [0.2, 0.25) is 0 Å². The molecule has 0 saturated heterocycles. The van der Waals surface area contributed by atoms with E-state index in [0.29, 0.717) is 11.7 Å². The number of hydrogen-bond donors (Lipinski definition) is 2. The SMILES string of the molecule is COc1cc2c(cc1-c1c(C)noc1C)[nH]c1nc(C)nc(Nc3c(C(C)C)cnn3C)c12. The molecule has 4 aromatic heterocycles. The fourth-order valence-corrected chi connectivity index (χ4v) is 4.40. The second kappa shape index (κ2) is 7.61. The van der Waals surface area contributed by atoms with Crippen LogP contribution < -0.4 is 10.1 Å². The van der Waals surface area contributed by atoms with E-state index in [9.17, 15) is 0 Å². The molecule has 9 heteroatoms. The zero-order valence-electron chi connectivity index (χ0n) is 19.9. The zero-order valence-corrected chi connectivity index (χ0v) is 19.9. The third-order valence-corrected chi connectivity index (χ3v) is 6.01. The average Bonchev–Trinajstić information content (AvgIpc) is 3.41.